The van der Waals surface area contributed by atoms with E-state index in [4.69, 9.17) is 4.84 Å². The second-order valence-electron chi connectivity index (χ2n) is 2.85. The van der Waals surface area contributed by atoms with Crippen LogP contribution in [0, 0.1) is 0 Å². The van der Waals surface area contributed by atoms with Crippen LogP contribution in [0.4, 0.5) is 0 Å². The van der Waals surface area contributed by atoms with Crippen LogP contribution in [-0.4, -0.2) is 6.61 Å². The molecule has 1 atom stereocenters. The van der Waals surface area contributed by atoms with Crippen molar-refractivity contribution in [2.45, 2.75) is 13.0 Å². The Labute approximate surface area is 79.2 Å². The fraction of sp³-hybridized carbons (Fsp3) is 0.273. The highest BCUT2D eigenvalue weighted by molar-refractivity contribution is 5.17. The second-order valence-corrected chi connectivity index (χ2v) is 2.85. The Bertz CT molecular complexity index is 246. The molecule has 1 N–H and O–H groups in total. The number of hydrogen-bond donors (Lipinski definition) is 1. The van der Waals surface area contributed by atoms with Gasteiger partial charge in [0, 0.05) is 0 Å². The maximum Gasteiger partial charge on any atom is 0.0861 e. The van der Waals surface area contributed by atoms with E-state index in [9.17, 15) is 0 Å². The molecule has 1 unspecified atom stereocenters. The minimum atomic E-state index is 0.209. The summed E-state index contributed by atoms with van der Waals surface area (Å²) in [5.41, 5.74) is 4.14. The molecule has 0 saturated carbocycles. The first kappa shape index (κ1) is 9.96. The zero-order valence-corrected chi connectivity index (χ0v) is 7.86. The highest BCUT2D eigenvalue weighted by atomic mass is 16.6. The van der Waals surface area contributed by atoms with Gasteiger partial charge in [0.25, 0.3) is 0 Å². The number of hydrogen-bond acceptors (Lipinski definition) is 2. The van der Waals surface area contributed by atoms with Gasteiger partial charge in [-0.3, -0.25) is 4.84 Å². The first-order chi connectivity index (χ1) is 6.34. The quantitative estimate of drug-likeness (QED) is 0.424. The highest BCUT2D eigenvalue weighted by Gasteiger charge is 2.01. The third-order valence-electron chi connectivity index (χ3n) is 1.76. The van der Waals surface area contributed by atoms with Gasteiger partial charge in [0.05, 0.1) is 12.6 Å². The number of nitrogens with one attached hydrogen (secondary N) is 1. The maximum atomic E-state index is 5.13. The van der Waals surface area contributed by atoms with Crippen molar-refractivity contribution < 1.29 is 4.84 Å². The zero-order chi connectivity index (χ0) is 9.52. The molecule has 0 fully saturated rings. The van der Waals surface area contributed by atoms with Gasteiger partial charge in [0.1, 0.15) is 0 Å². The lowest BCUT2D eigenvalue weighted by Crippen LogP contribution is -2.18. The molecule has 1 aromatic carbocycles. The summed E-state index contributed by atoms with van der Waals surface area (Å²) in [4.78, 5) is 5.13. The van der Waals surface area contributed by atoms with Gasteiger partial charge in [-0.25, -0.2) is 0 Å². The molecule has 0 amide bonds. The lowest BCUT2D eigenvalue weighted by molar-refractivity contribution is 0.0392. The molecule has 0 heterocycles. The summed E-state index contributed by atoms with van der Waals surface area (Å²) in [6.45, 7) is 6.14. The first-order valence-corrected chi connectivity index (χ1v) is 4.37. The standard InChI is InChI=1S/C11H15NO/c1-3-9-13-12-10(2)11-7-5-4-6-8-11/h3-8,10,12H,1,9H2,2H3. The van der Waals surface area contributed by atoms with Crippen molar-refractivity contribution in [3.8, 4) is 0 Å². The third-order valence-corrected chi connectivity index (χ3v) is 1.76. The molecular formula is C11H15NO. The lowest BCUT2D eigenvalue weighted by atomic mass is 10.1. The Morgan fingerprint density at radius 1 is 1.46 bits per heavy atom. The van der Waals surface area contributed by atoms with E-state index >= 15 is 0 Å². The molecule has 1 aromatic rings. The van der Waals surface area contributed by atoms with Gasteiger partial charge in [-0.15, -0.1) is 6.58 Å². The van der Waals surface area contributed by atoms with Crippen LogP contribution in [0.15, 0.2) is 43.0 Å². The molecule has 2 heteroatoms. The van der Waals surface area contributed by atoms with Crippen LogP contribution in [0.3, 0.4) is 0 Å². The van der Waals surface area contributed by atoms with Crippen LogP contribution in [0.2, 0.25) is 0 Å². The zero-order valence-electron chi connectivity index (χ0n) is 7.86. The van der Waals surface area contributed by atoms with E-state index in [2.05, 4.69) is 31.1 Å². The molecular weight excluding hydrogens is 162 g/mol. The Hall–Kier alpha value is -1.12. The normalized spacial score (nSPS) is 12.4. The lowest BCUT2D eigenvalue weighted by Gasteiger charge is -2.12. The molecule has 0 aliphatic heterocycles. The van der Waals surface area contributed by atoms with Gasteiger partial charge < -0.3 is 0 Å². The van der Waals surface area contributed by atoms with E-state index in [-0.39, 0.29) is 6.04 Å². The molecule has 2 nitrogen and oxygen atoms in total. The van der Waals surface area contributed by atoms with Gasteiger partial charge in [-0.2, -0.15) is 5.48 Å². The molecule has 0 aliphatic carbocycles. The Kier molecular flexibility index (Phi) is 4.23. The predicted molar refractivity (Wildman–Crippen MR) is 54.1 cm³/mol. The third kappa shape index (κ3) is 3.40. The summed E-state index contributed by atoms with van der Waals surface area (Å²) in [7, 11) is 0. The largest absolute Gasteiger partial charge is 0.297 e. The van der Waals surface area contributed by atoms with E-state index in [1.54, 1.807) is 6.08 Å². The van der Waals surface area contributed by atoms with Crippen LogP contribution in [0.5, 0.6) is 0 Å². The van der Waals surface area contributed by atoms with Crippen LogP contribution in [0.1, 0.15) is 18.5 Å². The summed E-state index contributed by atoms with van der Waals surface area (Å²) < 4.78 is 0. The molecule has 0 spiro atoms. The van der Waals surface area contributed by atoms with Crippen molar-refractivity contribution in [1.82, 2.24) is 5.48 Å². The van der Waals surface area contributed by atoms with Crippen molar-refractivity contribution in [2.75, 3.05) is 6.61 Å². The van der Waals surface area contributed by atoms with Crippen molar-refractivity contribution in [1.29, 1.82) is 0 Å². The van der Waals surface area contributed by atoms with Crippen molar-refractivity contribution in [3.05, 3.63) is 48.6 Å². The molecule has 0 aliphatic rings. The van der Waals surface area contributed by atoms with Crippen molar-refractivity contribution in [3.63, 3.8) is 0 Å². The van der Waals surface area contributed by atoms with E-state index < -0.39 is 0 Å². The Morgan fingerprint density at radius 2 is 2.15 bits per heavy atom. The minimum Gasteiger partial charge on any atom is -0.297 e. The fourth-order valence-corrected chi connectivity index (χ4v) is 1.04. The fourth-order valence-electron chi connectivity index (χ4n) is 1.04. The molecule has 0 radical (unpaired) electrons. The Balaban J connectivity index is 2.39. The monoisotopic (exact) mass is 177 g/mol. The number of benzene rings is 1. The van der Waals surface area contributed by atoms with Crippen LogP contribution >= 0.6 is 0 Å². The van der Waals surface area contributed by atoms with Crippen molar-refractivity contribution in [2.24, 2.45) is 0 Å². The molecule has 0 bridgehead atoms. The van der Waals surface area contributed by atoms with Gasteiger partial charge in [0.15, 0.2) is 0 Å². The predicted octanol–water partition coefficient (Wildman–Crippen LogP) is 2.45. The van der Waals surface area contributed by atoms with Gasteiger partial charge in [-0.05, 0) is 12.5 Å². The first-order valence-electron chi connectivity index (χ1n) is 4.37. The molecule has 13 heavy (non-hydrogen) atoms. The molecule has 70 valence electrons. The maximum absolute atomic E-state index is 5.13. The minimum absolute atomic E-state index is 0.209. The summed E-state index contributed by atoms with van der Waals surface area (Å²) in [6.07, 6.45) is 1.71. The summed E-state index contributed by atoms with van der Waals surface area (Å²) >= 11 is 0. The Morgan fingerprint density at radius 3 is 2.77 bits per heavy atom. The smallest absolute Gasteiger partial charge is 0.0861 e. The molecule has 0 aromatic heterocycles. The van der Waals surface area contributed by atoms with Crippen LogP contribution in [0.25, 0.3) is 0 Å². The van der Waals surface area contributed by atoms with E-state index in [0.29, 0.717) is 6.61 Å². The second kappa shape index (κ2) is 5.51. The summed E-state index contributed by atoms with van der Waals surface area (Å²) in [5.74, 6) is 0. The van der Waals surface area contributed by atoms with Gasteiger partial charge in [-0.1, -0.05) is 36.4 Å². The van der Waals surface area contributed by atoms with E-state index in [1.807, 2.05) is 18.2 Å². The summed E-state index contributed by atoms with van der Waals surface area (Å²) in [6, 6.07) is 10.4. The average molecular weight is 177 g/mol. The van der Waals surface area contributed by atoms with E-state index in [0.717, 1.165) is 0 Å². The highest BCUT2D eigenvalue weighted by Crippen LogP contribution is 2.10. The van der Waals surface area contributed by atoms with Gasteiger partial charge in [0.2, 0.25) is 0 Å². The molecule has 0 saturated heterocycles. The number of rotatable bonds is 5. The van der Waals surface area contributed by atoms with Crippen LogP contribution < -0.4 is 5.48 Å². The summed E-state index contributed by atoms with van der Waals surface area (Å²) in [5, 5.41) is 0. The van der Waals surface area contributed by atoms with E-state index in [1.165, 1.54) is 5.56 Å². The van der Waals surface area contributed by atoms with Crippen LogP contribution in [-0.2, 0) is 4.84 Å². The van der Waals surface area contributed by atoms with Crippen molar-refractivity contribution >= 4 is 0 Å². The van der Waals surface area contributed by atoms with Gasteiger partial charge >= 0.3 is 0 Å². The SMILES string of the molecule is C=CCONC(C)c1ccccc1. The topological polar surface area (TPSA) is 21.3 Å². The average Bonchev–Trinajstić information content (AvgIpc) is 2.19. The molecule has 1 rings (SSSR count). The number of hydroxylamine groups is 1.